The van der Waals surface area contributed by atoms with E-state index in [9.17, 15) is 0 Å². The second kappa shape index (κ2) is 3.63. The molecule has 44 valence electrons. The Bertz CT molecular complexity index is 40.6. The number of nitrogens with two attached hydrogens (primary N) is 1. The smallest absolute Gasteiger partial charge is 0.330 e. The van der Waals surface area contributed by atoms with Crippen LogP contribution in [0.3, 0.4) is 0 Å². The van der Waals surface area contributed by atoms with Crippen LogP contribution in [0.25, 0.3) is 0 Å². The van der Waals surface area contributed by atoms with Crippen LogP contribution in [0, 0.1) is 5.92 Å². The first kappa shape index (κ1) is 7.65. The van der Waals surface area contributed by atoms with E-state index in [4.69, 9.17) is 5.73 Å². The van der Waals surface area contributed by atoms with Crippen LogP contribution in [0.15, 0.2) is 0 Å². The van der Waals surface area contributed by atoms with Crippen molar-refractivity contribution in [3.8, 4) is 0 Å². The van der Waals surface area contributed by atoms with Crippen LogP contribution in [-0.4, -0.2) is 6.54 Å². The molecule has 1 rings (SSSR count). The molecule has 0 amide bonds. The zero-order valence-corrected chi connectivity index (χ0v) is 6.57. The molecule has 0 radical (unpaired) electrons. The summed E-state index contributed by atoms with van der Waals surface area (Å²) in [7, 11) is 0. The second-order valence-corrected chi connectivity index (χ2v) is 2.03. The summed E-state index contributed by atoms with van der Waals surface area (Å²) >= 11 is 0. The number of hydrogen-bond acceptors (Lipinski definition) is 1. The van der Waals surface area contributed by atoms with E-state index in [1.54, 1.807) is 0 Å². The normalized spacial score (nSPS) is 20.1. The van der Waals surface area contributed by atoms with E-state index in [1.165, 1.54) is 19.3 Å². The molecular weight excluding hydrogens is 269 g/mol. The minimum Gasteiger partial charge on any atom is -0.330 e. The van der Waals surface area contributed by atoms with Crippen molar-refractivity contribution < 1.29 is 21.1 Å². The number of hydrogen-bond donors (Lipinski definition) is 1. The summed E-state index contributed by atoms with van der Waals surface area (Å²) in [5, 5.41) is 0. The van der Waals surface area contributed by atoms with E-state index in [0.717, 1.165) is 12.5 Å². The first-order chi connectivity index (χ1) is 2.93. The molecule has 0 aromatic rings. The molecule has 0 aliphatic heterocycles. The Hall–Kier alpha value is 0.648. The van der Waals surface area contributed by atoms with Crippen LogP contribution in [0.1, 0.15) is 19.3 Å². The summed E-state index contributed by atoms with van der Waals surface area (Å²) in [6.07, 6.45) is 4.19. The van der Waals surface area contributed by atoms with Crippen molar-refractivity contribution in [3.05, 3.63) is 0 Å². The van der Waals surface area contributed by atoms with Crippen LogP contribution >= 0.6 is 0 Å². The predicted octanol–water partition coefficient (Wildman–Crippen LogP) is 0.743. The fourth-order valence-electron chi connectivity index (χ4n) is 0.729. The van der Waals surface area contributed by atoms with Gasteiger partial charge in [0.15, 0.2) is 0 Å². The molecule has 0 saturated heterocycles. The summed E-state index contributed by atoms with van der Waals surface area (Å²) in [5.41, 5.74) is 5.33. The van der Waals surface area contributed by atoms with Crippen molar-refractivity contribution in [3.63, 3.8) is 0 Å². The first-order valence-corrected chi connectivity index (χ1v) is 2.63. The van der Waals surface area contributed by atoms with Crippen LogP contribution in [0.2, 0.25) is 0 Å². The molecule has 0 aromatic carbocycles. The molecule has 2 N–H and O–H groups in total. The van der Waals surface area contributed by atoms with Crippen molar-refractivity contribution in [2.75, 3.05) is 6.54 Å². The van der Waals surface area contributed by atoms with Gasteiger partial charge in [0.1, 0.15) is 0 Å². The van der Waals surface area contributed by atoms with E-state index < -0.39 is 0 Å². The van der Waals surface area contributed by atoms with E-state index in [2.05, 4.69) is 0 Å². The molecule has 1 fully saturated rings. The summed E-state index contributed by atoms with van der Waals surface area (Å²) < 4.78 is 0. The number of rotatable bonds is 1. The zero-order chi connectivity index (χ0) is 4.41. The second-order valence-electron chi connectivity index (χ2n) is 2.03. The Kier molecular flexibility index (Phi) is 3.96. The topological polar surface area (TPSA) is 26.0 Å². The molecule has 1 nitrogen and oxygen atoms in total. The van der Waals surface area contributed by atoms with Gasteiger partial charge in [0.25, 0.3) is 0 Å². The van der Waals surface area contributed by atoms with Gasteiger partial charge in [-0.05, 0) is 25.3 Å². The average Bonchev–Trinajstić information content (AvgIpc) is 1.31. The quantitative estimate of drug-likeness (QED) is 0.753. The Morgan fingerprint density at radius 2 is 2.00 bits per heavy atom. The molecule has 1 saturated carbocycles. The zero-order valence-electron chi connectivity index (χ0n) is 4.30. The summed E-state index contributed by atoms with van der Waals surface area (Å²) in [6.45, 7) is 0.917. The summed E-state index contributed by atoms with van der Waals surface area (Å²) in [4.78, 5) is 0. The molecule has 0 spiro atoms. The maximum atomic E-state index is 5.33. The third kappa shape index (κ3) is 1.92. The molecule has 1 aliphatic rings. The van der Waals surface area contributed by atoms with Crippen LogP contribution in [-0.2, 0) is 21.1 Å². The molecule has 0 heterocycles. The van der Waals surface area contributed by atoms with E-state index in [-0.39, 0.29) is 21.1 Å². The Morgan fingerprint density at radius 1 is 1.43 bits per heavy atom. The van der Waals surface area contributed by atoms with Gasteiger partial charge in [-0.15, -0.1) is 0 Å². The maximum absolute atomic E-state index is 5.33. The largest absolute Gasteiger partial charge is 2.00 e. The van der Waals surface area contributed by atoms with E-state index in [1.807, 2.05) is 0 Å². The van der Waals surface area contributed by atoms with Gasteiger partial charge in [0.05, 0.1) is 0 Å². The molecular formula is C5H11NPt+2. The van der Waals surface area contributed by atoms with Crippen molar-refractivity contribution in [1.82, 2.24) is 0 Å². The third-order valence-electron chi connectivity index (χ3n) is 1.56. The molecule has 7 heavy (non-hydrogen) atoms. The third-order valence-corrected chi connectivity index (χ3v) is 1.56. The van der Waals surface area contributed by atoms with Gasteiger partial charge in [-0.25, -0.2) is 0 Å². The van der Waals surface area contributed by atoms with Crippen LogP contribution < -0.4 is 5.73 Å². The minimum atomic E-state index is 0. The van der Waals surface area contributed by atoms with Gasteiger partial charge in [-0.1, -0.05) is 6.42 Å². The fourth-order valence-corrected chi connectivity index (χ4v) is 0.729. The van der Waals surface area contributed by atoms with Crippen molar-refractivity contribution in [2.45, 2.75) is 19.3 Å². The van der Waals surface area contributed by atoms with Gasteiger partial charge < -0.3 is 5.73 Å². The molecule has 0 atom stereocenters. The fraction of sp³-hybridized carbons (Fsp3) is 1.00. The molecule has 0 unspecified atom stereocenters. The Balaban J connectivity index is 0.000000360. The molecule has 1 aliphatic carbocycles. The molecule has 0 bridgehead atoms. The first-order valence-electron chi connectivity index (χ1n) is 2.63. The van der Waals surface area contributed by atoms with Gasteiger partial charge >= 0.3 is 21.1 Å². The monoisotopic (exact) mass is 280 g/mol. The van der Waals surface area contributed by atoms with Crippen molar-refractivity contribution in [2.24, 2.45) is 11.7 Å². The van der Waals surface area contributed by atoms with Crippen LogP contribution in [0.5, 0.6) is 0 Å². The Labute approximate surface area is 58.9 Å². The van der Waals surface area contributed by atoms with Crippen molar-refractivity contribution >= 4 is 0 Å². The predicted molar refractivity (Wildman–Crippen MR) is 26.4 cm³/mol. The van der Waals surface area contributed by atoms with Gasteiger partial charge in [-0.2, -0.15) is 0 Å². The standard InChI is InChI=1S/C5H11N.Pt/c6-4-5-2-1-3-5;/h5H,1-4,6H2;/q;+2. The molecule has 0 aromatic heterocycles. The van der Waals surface area contributed by atoms with Gasteiger partial charge in [-0.3, -0.25) is 0 Å². The van der Waals surface area contributed by atoms with E-state index in [0.29, 0.717) is 0 Å². The van der Waals surface area contributed by atoms with Gasteiger partial charge in [0.2, 0.25) is 0 Å². The minimum absolute atomic E-state index is 0. The molecule has 2 heteroatoms. The van der Waals surface area contributed by atoms with E-state index >= 15 is 0 Å². The summed E-state index contributed by atoms with van der Waals surface area (Å²) in [5.74, 6) is 0.894. The SMILES string of the molecule is NCC1CCC1.[Pt+2]. The van der Waals surface area contributed by atoms with Crippen molar-refractivity contribution in [1.29, 1.82) is 0 Å². The maximum Gasteiger partial charge on any atom is 2.00 e. The van der Waals surface area contributed by atoms with Crippen LogP contribution in [0.4, 0.5) is 0 Å². The summed E-state index contributed by atoms with van der Waals surface area (Å²) in [6, 6.07) is 0. The van der Waals surface area contributed by atoms with Gasteiger partial charge in [0, 0.05) is 0 Å². The Morgan fingerprint density at radius 3 is 2.00 bits per heavy atom. The average molecular weight is 280 g/mol.